The molecule has 1 aromatic rings. The Morgan fingerprint density at radius 2 is 2.06 bits per heavy atom. The number of halogens is 2. The van der Waals surface area contributed by atoms with E-state index in [0.717, 1.165) is 10.0 Å². The first-order valence-electron chi connectivity index (χ1n) is 4.80. The minimum Gasteiger partial charge on any atom is -0.466 e. The van der Waals surface area contributed by atoms with Crippen molar-refractivity contribution >= 4 is 43.8 Å². The van der Waals surface area contributed by atoms with Crippen LogP contribution >= 0.6 is 31.9 Å². The van der Waals surface area contributed by atoms with E-state index in [1.807, 2.05) is 6.07 Å². The molecule has 1 aliphatic heterocycles. The highest BCUT2D eigenvalue weighted by molar-refractivity contribution is 9.11. The van der Waals surface area contributed by atoms with E-state index in [0.29, 0.717) is 16.5 Å². The monoisotopic (exact) mass is 362 g/mol. The van der Waals surface area contributed by atoms with Crippen LogP contribution in [0, 0.1) is 0 Å². The lowest BCUT2D eigenvalue weighted by Crippen LogP contribution is -2.35. The summed E-state index contributed by atoms with van der Waals surface area (Å²) in [6, 6.07) is 3.57. The Bertz CT molecular complexity index is 498. The number of benzene rings is 1. The summed E-state index contributed by atoms with van der Waals surface area (Å²) in [7, 11) is 1.27. The van der Waals surface area contributed by atoms with Gasteiger partial charge in [-0.25, -0.2) is 9.59 Å². The van der Waals surface area contributed by atoms with Gasteiger partial charge in [0.1, 0.15) is 0 Å². The summed E-state index contributed by atoms with van der Waals surface area (Å²) < 4.78 is 11.1. The molecule has 0 aromatic heterocycles. The molecule has 0 amide bonds. The molecule has 4 nitrogen and oxygen atoms in total. The van der Waals surface area contributed by atoms with Crippen LogP contribution in [0.15, 0.2) is 21.1 Å². The number of ether oxygens (including phenoxy) is 2. The number of hydrogen-bond donors (Lipinski definition) is 0. The van der Waals surface area contributed by atoms with Crippen LogP contribution < -0.4 is 0 Å². The first-order chi connectivity index (χ1) is 8.04. The van der Waals surface area contributed by atoms with Gasteiger partial charge in [0.15, 0.2) is 0 Å². The Labute approximate surface area is 115 Å². The number of esters is 2. The Morgan fingerprint density at radius 3 is 2.71 bits per heavy atom. The maximum atomic E-state index is 11.8. The third kappa shape index (κ3) is 2.24. The van der Waals surface area contributed by atoms with Gasteiger partial charge in [-0.05, 0) is 33.6 Å². The van der Waals surface area contributed by atoms with Crippen molar-refractivity contribution in [2.24, 2.45) is 0 Å². The molecule has 1 heterocycles. The highest BCUT2D eigenvalue weighted by Gasteiger charge is 2.34. The molecule has 1 aromatic carbocycles. The van der Waals surface area contributed by atoms with Crippen LogP contribution in [-0.2, 0) is 20.7 Å². The van der Waals surface area contributed by atoms with Crippen molar-refractivity contribution in [1.82, 2.24) is 0 Å². The second-order valence-corrected chi connectivity index (χ2v) is 5.21. The second kappa shape index (κ2) is 4.78. The first kappa shape index (κ1) is 12.6. The molecule has 17 heavy (non-hydrogen) atoms. The molecule has 0 radical (unpaired) electrons. The molecule has 0 aliphatic carbocycles. The van der Waals surface area contributed by atoms with Gasteiger partial charge >= 0.3 is 11.9 Å². The Morgan fingerprint density at radius 1 is 1.41 bits per heavy atom. The van der Waals surface area contributed by atoms with Crippen LogP contribution in [0.4, 0.5) is 0 Å². The number of cyclic esters (lactones) is 1. The standard InChI is InChI=1S/C11H8Br2O4/c1-16-10(14)8-4-5-6(12)2-3-7(13)9(5)11(15)17-8/h2-3,8H,4H2,1H3. The van der Waals surface area contributed by atoms with Crippen molar-refractivity contribution in [3.8, 4) is 0 Å². The van der Waals surface area contributed by atoms with Crippen molar-refractivity contribution in [3.05, 3.63) is 32.2 Å². The average molecular weight is 364 g/mol. The summed E-state index contributed by atoms with van der Waals surface area (Å²) in [5.74, 6) is -1.06. The van der Waals surface area contributed by atoms with Crippen LogP contribution in [0.2, 0.25) is 0 Å². The fourth-order valence-corrected chi connectivity index (χ4v) is 2.72. The Kier molecular flexibility index (Phi) is 3.53. The van der Waals surface area contributed by atoms with Gasteiger partial charge in [-0.2, -0.15) is 0 Å². The smallest absolute Gasteiger partial charge is 0.347 e. The van der Waals surface area contributed by atoms with E-state index in [2.05, 4.69) is 36.6 Å². The molecular formula is C11H8Br2O4. The van der Waals surface area contributed by atoms with Crippen LogP contribution in [0.3, 0.4) is 0 Å². The third-order valence-corrected chi connectivity index (χ3v) is 3.92. The minimum absolute atomic E-state index is 0.313. The molecule has 0 bridgehead atoms. The number of hydrogen-bond acceptors (Lipinski definition) is 4. The predicted octanol–water partition coefficient (Wildman–Crippen LogP) is 2.47. The van der Waals surface area contributed by atoms with E-state index in [1.165, 1.54) is 7.11 Å². The lowest BCUT2D eigenvalue weighted by atomic mass is 9.99. The van der Waals surface area contributed by atoms with E-state index < -0.39 is 18.0 Å². The van der Waals surface area contributed by atoms with E-state index in [1.54, 1.807) is 6.07 Å². The number of fused-ring (bicyclic) bond motifs is 1. The highest BCUT2D eigenvalue weighted by atomic mass is 79.9. The van der Waals surface area contributed by atoms with E-state index in [9.17, 15) is 9.59 Å². The number of carbonyl (C=O) groups excluding carboxylic acids is 2. The molecule has 0 fully saturated rings. The Hall–Kier alpha value is -0.880. The molecule has 0 saturated carbocycles. The molecule has 1 aliphatic rings. The molecule has 90 valence electrons. The number of carbonyl (C=O) groups is 2. The molecule has 2 rings (SSSR count). The van der Waals surface area contributed by atoms with Gasteiger partial charge in [0.05, 0.1) is 12.7 Å². The summed E-state index contributed by atoms with van der Waals surface area (Å²) in [6.07, 6.45) is -0.557. The number of methoxy groups -OCH3 is 1. The zero-order valence-corrected chi connectivity index (χ0v) is 12.0. The number of rotatable bonds is 1. The van der Waals surface area contributed by atoms with Crippen molar-refractivity contribution < 1.29 is 19.1 Å². The first-order valence-corrected chi connectivity index (χ1v) is 6.39. The van der Waals surface area contributed by atoms with E-state index in [-0.39, 0.29) is 0 Å². The summed E-state index contributed by atoms with van der Waals surface area (Å²) >= 11 is 6.65. The Balaban J connectivity index is 2.46. The third-order valence-electron chi connectivity index (χ3n) is 2.51. The van der Waals surface area contributed by atoms with Gasteiger partial charge in [0, 0.05) is 15.4 Å². The fourth-order valence-electron chi connectivity index (χ4n) is 1.69. The topological polar surface area (TPSA) is 52.6 Å². The summed E-state index contributed by atoms with van der Waals surface area (Å²) in [6.45, 7) is 0. The maximum Gasteiger partial charge on any atom is 0.347 e. The van der Waals surface area contributed by atoms with Crippen molar-refractivity contribution in [1.29, 1.82) is 0 Å². The molecule has 0 spiro atoms. The van der Waals surface area contributed by atoms with Crippen molar-refractivity contribution in [3.63, 3.8) is 0 Å². The largest absolute Gasteiger partial charge is 0.466 e. The predicted molar refractivity (Wildman–Crippen MR) is 66.8 cm³/mol. The SMILES string of the molecule is COC(=O)C1Cc2c(Br)ccc(Br)c2C(=O)O1. The van der Waals surface area contributed by atoms with Crippen LogP contribution in [0.25, 0.3) is 0 Å². The molecular weight excluding hydrogens is 356 g/mol. The van der Waals surface area contributed by atoms with Crippen LogP contribution in [0.5, 0.6) is 0 Å². The maximum absolute atomic E-state index is 11.8. The average Bonchev–Trinajstić information content (AvgIpc) is 2.32. The lowest BCUT2D eigenvalue weighted by molar-refractivity contribution is -0.151. The molecule has 6 heteroatoms. The molecule has 1 atom stereocenters. The fraction of sp³-hybridized carbons (Fsp3) is 0.273. The molecule has 1 unspecified atom stereocenters. The van der Waals surface area contributed by atoms with Crippen LogP contribution in [-0.4, -0.2) is 25.2 Å². The summed E-state index contributed by atoms with van der Waals surface area (Å²) in [4.78, 5) is 23.2. The van der Waals surface area contributed by atoms with Gasteiger partial charge in [-0.3, -0.25) is 0 Å². The second-order valence-electron chi connectivity index (χ2n) is 3.50. The zero-order chi connectivity index (χ0) is 12.6. The molecule has 0 saturated heterocycles. The molecule has 0 N–H and O–H groups in total. The van der Waals surface area contributed by atoms with Gasteiger partial charge in [0.2, 0.25) is 6.10 Å². The van der Waals surface area contributed by atoms with Gasteiger partial charge in [-0.15, -0.1) is 0 Å². The normalized spacial score (nSPS) is 18.3. The van der Waals surface area contributed by atoms with Crippen molar-refractivity contribution in [2.45, 2.75) is 12.5 Å². The minimum atomic E-state index is -0.870. The van der Waals surface area contributed by atoms with E-state index >= 15 is 0 Å². The summed E-state index contributed by atoms with van der Waals surface area (Å²) in [5, 5.41) is 0. The van der Waals surface area contributed by atoms with Crippen molar-refractivity contribution in [2.75, 3.05) is 7.11 Å². The van der Waals surface area contributed by atoms with Gasteiger partial charge < -0.3 is 9.47 Å². The quantitative estimate of drug-likeness (QED) is 0.719. The van der Waals surface area contributed by atoms with E-state index in [4.69, 9.17) is 4.74 Å². The highest BCUT2D eigenvalue weighted by Crippen LogP contribution is 2.33. The summed E-state index contributed by atoms with van der Waals surface area (Å²) in [5.41, 5.74) is 1.21. The van der Waals surface area contributed by atoms with Gasteiger partial charge in [-0.1, -0.05) is 15.9 Å². The van der Waals surface area contributed by atoms with Gasteiger partial charge in [0.25, 0.3) is 0 Å². The van der Waals surface area contributed by atoms with Crippen LogP contribution in [0.1, 0.15) is 15.9 Å². The zero-order valence-electron chi connectivity index (χ0n) is 8.83. The lowest BCUT2D eigenvalue weighted by Gasteiger charge is -2.24.